The van der Waals surface area contributed by atoms with Crippen molar-refractivity contribution in [3.63, 3.8) is 0 Å². The van der Waals surface area contributed by atoms with Crippen LogP contribution < -0.4 is 5.32 Å². The van der Waals surface area contributed by atoms with Gasteiger partial charge in [-0.15, -0.1) is 0 Å². The first-order chi connectivity index (χ1) is 8.95. The first-order valence-electron chi connectivity index (χ1n) is 6.39. The van der Waals surface area contributed by atoms with E-state index in [1.807, 2.05) is 6.07 Å². The number of nitrogens with zero attached hydrogens (tertiary/aromatic N) is 1. The Labute approximate surface area is 114 Å². The highest BCUT2D eigenvalue weighted by atomic mass is 32.2. The van der Waals surface area contributed by atoms with Gasteiger partial charge in [-0.1, -0.05) is 13.0 Å². The molecule has 5 heteroatoms. The maximum absolute atomic E-state index is 12.1. The summed E-state index contributed by atoms with van der Waals surface area (Å²) in [6.07, 6.45) is 2.44. The fraction of sp³-hybridized carbons (Fsp3) is 0.500. The number of hydrogen-bond acceptors (Lipinski definition) is 4. The highest BCUT2D eigenvalue weighted by molar-refractivity contribution is 7.91. The van der Waals surface area contributed by atoms with Crippen molar-refractivity contribution >= 4 is 9.84 Å². The molecule has 0 unspecified atom stereocenters. The Bertz CT molecular complexity index is 598. The molecule has 1 saturated carbocycles. The Hall–Kier alpha value is -1.38. The molecule has 4 nitrogen and oxygen atoms in total. The van der Waals surface area contributed by atoms with Crippen molar-refractivity contribution in [2.24, 2.45) is 5.41 Å². The van der Waals surface area contributed by atoms with Gasteiger partial charge in [-0.2, -0.15) is 5.26 Å². The Morgan fingerprint density at radius 3 is 2.79 bits per heavy atom. The summed E-state index contributed by atoms with van der Waals surface area (Å²) in [4.78, 5) is 0.228. The van der Waals surface area contributed by atoms with E-state index in [1.165, 1.54) is 18.9 Å². The lowest BCUT2D eigenvalue weighted by atomic mass is 10.1. The van der Waals surface area contributed by atoms with Crippen LogP contribution in [0, 0.1) is 16.7 Å². The zero-order valence-corrected chi connectivity index (χ0v) is 11.8. The van der Waals surface area contributed by atoms with Crippen molar-refractivity contribution in [3.05, 3.63) is 29.8 Å². The van der Waals surface area contributed by atoms with E-state index in [0.29, 0.717) is 17.5 Å². The Morgan fingerprint density at radius 2 is 2.16 bits per heavy atom. The molecular formula is C14H18N2O2S. The minimum absolute atomic E-state index is 0.0674. The minimum Gasteiger partial charge on any atom is -0.315 e. The fourth-order valence-corrected chi connectivity index (χ4v) is 3.11. The Balaban J connectivity index is 1.92. The van der Waals surface area contributed by atoms with E-state index in [4.69, 9.17) is 5.26 Å². The van der Waals surface area contributed by atoms with Gasteiger partial charge in [0, 0.05) is 13.1 Å². The van der Waals surface area contributed by atoms with Gasteiger partial charge in [0.1, 0.15) is 0 Å². The molecule has 0 amide bonds. The fourth-order valence-electron chi connectivity index (χ4n) is 1.86. The quantitative estimate of drug-likeness (QED) is 0.804. The van der Waals surface area contributed by atoms with Gasteiger partial charge in [-0.25, -0.2) is 8.42 Å². The van der Waals surface area contributed by atoms with Crippen LogP contribution in [-0.2, 0) is 9.84 Å². The van der Waals surface area contributed by atoms with Crippen LogP contribution in [0.3, 0.4) is 0 Å². The molecule has 1 aliphatic carbocycles. The van der Waals surface area contributed by atoms with Crippen LogP contribution in [0.5, 0.6) is 0 Å². The second kappa shape index (κ2) is 5.32. The van der Waals surface area contributed by atoms with Crippen molar-refractivity contribution < 1.29 is 8.42 Å². The number of benzene rings is 1. The van der Waals surface area contributed by atoms with Crippen LogP contribution in [0.2, 0.25) is 0 Å². The summed E-state index contributed by atoms with van der Waals surface area (Å²) >= 11 is 0. The summed E-state index contributed by atoms with van der Waals surface area (Å²) in [5.41, 5.74) is 0.754. The number of rotatable bonds is 6. The second-order valence-electron chi connectivity index (χ2n) is 5.45. The molecule has 1 aliphatic rings. The van der Waals surface area contributed by atoms with Gasteiger partial charge in [0.05, 0.1) is 22.3 Å². The minimum atomic E-state index is -3.30. The van der Waals surface area contributed by atoms with E-state index in [0.717, 1.165) is 6.54 Å². The third-order valence-electron chi connectivity index (χ3n) is 3.53. The predicted molar refractivity (Wildman–Crippen MR) is 73.4 cm³/mol. The molecule has 2 rings (SSSR count). The third-order valence-corrected chi connectivity index (χ3v) is 5.24. The van der Waals surface area contributed by atoms with Crippen LogP contribution in [-0.4, -0.2) is 27.3 Å². The van der Waals surface area contributed by atoms with Gasteiger partial charge >= 0.3 is 0 Å². The van der Waals surface area contributed by atoms with E-state index in [2.05, 4.69) is 12.2 Å². The molecule has 0 bridgehead atoms. The SMILES string of the molecule is CC1(CNCCS(=O)(=O)c2cccc(C#N)c2)CC1. The molecule has 19 heavy (non-hydrogen) atoms. The van der Waals surface area contributed by atoms with Gasteiger partial charge in [-0.3, -0.25) is 0 Å². The maximum Gasteiger partial charge on any atom is 0.179 e. The first-order valence-corrected chi connectivity index (χ1v) is 8.04. The zero-order chi connectivity index (χ0) is 13.9. The van der Waals surface area contributed by atoms with Crippen molar-refractivity contribution in [2.45, 2.75) is 24.7 Å². The monoisotopic (exact) mass is 278 g/mol. The third kappa shape index (κ3) is 3.79. The number of nitriles is 1. The van der Waals surface area contributed by atoms with E-state index in [-0.39, 0.29) is 10.6 Å². The van der Waals surface area contributed by atoms with Crippen LogP contribution in [0.1, 0.15) is 25.3 Å². The molecule has 0 aromatic heterocycles. The molecule has 1 N–H and O–H groups in total. The topological polar surface area (TPSA) is 70.0 Å². The molecular weight excluding hydrogens is 260 g/mol. The van der Waals surface area contributed by atoms with E-state index >= 15 is 0 Å². The molecule has 0 atom stereocenters. The molecule has 0 saturated heterocycles. The first kappa shape index (κ1) is 14.0. The van der Waals surface area contributed by atoms with Crippen LogP contribution in [0.15, 0.2) is 29.2 Å². The molecule has 102 valence electrons. The van der Waals surface area contributed by atoms with Crippen molar-refractivity contribution in [2.75, 3.05) is 18.8 Å². The van der Waals surface area contributed by atoms with Crippen LogP contribution in [0.25, 0.3) is 0 Å². The lowest BCUT2D eigenvalue weighted by molar-refractivity contribution is 0.508. The lowest BCUT2D eigenvalue weighted by Gasteiger charge is -2.10. The normalized spacial score (nSPS) is 16.8. The average molecular weight is 278 g/mol. The average Bonchev–Trinajstić information content (AvgIpc) is 3.13. The standard InChI is InChI=1S/C14H18N2O2S/c1-14(5-6-14)11-16-7-8-19(17,18)13-4-2-3-12(9-13)10-15/h2-4,9,16H,5-8,11H2,1H3. The molecule has 0 aliphatic heterocycles. The summed E-state index contributed by atoms with van der Waals surface area (Å²) in [6, 6.07) is 8.13. The van der Waals surface area contributed by atoms with Gasteiger partial charge in [0.15, 0.2) is 9.84 Å². The smallest absolute Gasteiger partial charge is 0.179 e. The van der Waals surface area contributed by atoms with Gasteiger partial charge < -0.3 is 5.32 Å². The van der Waals surface area contributed by atoms with Crippen LogP contribution in [0.4, 0.5) is 0 Å². The molecule has 1 fully saturated rings. The largest absolute Gasteiger partial charge is 0.315 e. The van der Waals surface area contributed by atoms with Crippen molar-refractivity contribution in [1.82, 2.24) is 5.32 Å². The molecule has 0 radical (unpaired) electrons. The summed E-state index contributed by atoms with van der Waals surface area (Å²) in [5, 5.41) is 12.0. The van der Waals surface area contributed by atoms with Gasteiger partial charge in [0.25, 0.3) is 0 Å². The zero-order valence-electron chi connectivity index (χ0n) is 11.0. The summed E-state index contributed by atoms with van der Waals surface area (Å²) in [5.74, 6) is 0.0674. The van der Waals surface area contributed by atoms with Crippen LogP contribution >= 0.6 is 0 Å². The van der Waals surface area contributed by atoms with E-state index in [9.17, 15) is 8.42 Å². The lowest BCUT2D eigenvalue weighted by Crippen LogP contribution is -2.27. The predicted octanol–water partition coefficient (Wildman–Crippen LogP) is 1.72. The molecule has 0 spiro atoms. The summed E-state index contributed by atoms with van der Waals surface area (Å²) < 4.78 is 24.2. The number of sulfone groups is 1. The highest BCUT2D eigenvalue weighted by Gasteiger charge is 2.36. The maximum atomic E-state index is 12.1. The Kier molecular flexibility index (Phi) is 3.93. The Morgan fingerprint density at radius 1 is 1.42 bits per heavy atom. The van der Waals surface area contributed by atoms with Gasteiger partial charge in [-0.05, 0) is 36.5 Å². The second-order valence-corrected chi connectivity index (χ2v) is 7.56. The van der Waals surface area contributed by atoms with Crippen molar-refractivity contribution in [1.29, 1.82) is 5.26 Å². The van der Waals surface area contributed by atoms with E-state index in [1.54, 1.807) is 18.2 Å². The van der Waals surface area contributed by atoms with Gasteiger partial charge in [0.2, 0.25) is 0 Å². The highest BCUT2D eigenvalue weighted by Crippen LogP contribution is 2.43. The summed E-state index contributed by atoms with van der Waals surface area (Å²) in [7, 11) is -3.30. The molecule has 1 aromatic carbocycles. The van der Waals surface area contributed by atoms with Crippen molar-refractivity contribution in [3.8, 4) is 6.07 Å². The van der Waals surface area contributed by atoms with E-state index < -0.39 is 9.84 Å². The number of nitrogens with one attached hydrogen (secondary N) is 1. The number of hydrogen-bond donors (Lipinski definition) is 1. The molecule has 0 heterocycles. The molecule has 1 aromatic rings. The summed E-state index contributed by atoms with van der Waals surface area (Å²) in [6.45, 7) is 3.53.